The topological polar surface area (TPSA) is 58.4 Å². The molecule has 0 aliphatic carbocycles. The standard InChI is InChI=1S/C19H26ClN3O2S/c1-13(2)23(14(3)4)18(25)12-26-19-21-9-17(11-24)22(19)10-15-5-7-16(20)8-6-15/h5-9,13-14,24H,10-12H2,1-4H3. The third-order valence-corrected chi connectivity index (χ3v) is 5.27. The second-order valence-electron chi connectivity index (χ2n) is 6.68. The Bertz CT molecular complexity index is 721. The summed E-state index contributed by atoms with van der Waals surface area (Å²) < 4.78 is 1.94. The van der Waals surface area contributed by atoms with E-state index >= 15 is 0 Å². The monoisotopic (exact) mass is 395 g/mol. The lowest BCUT2D eigenvalue weighted by Gasteiger charge is -2.30. The summed E-state index contributed by atoms with van der Waals surface area (Å²) in [7, 11) is 0. The molecule has 1 aromatic carbocycles. The SMILES string of the molecule is CC(C)N(C(=O)CSc1ncc(CO)n1Cc1ccc(Cl)cc1)C(C)C. The van der Waals surface area contributed by atoms with Gasteiger partial charge >= 0.3 is 0 Å². The number of hydrogen-bond donors (Lipinski definition) is 1. The van der Waals surface area contributed by atoms with E-state index in [0.29, 0.717) is 17.3 Å². The zero-order valence-electron chi connectivity index (χ0n) is 15.6. The van der Waals surface area contributed by atoms with Crippen LogP contribution in [0.1, 0.15) is 39.0 Å². The van der Waals surface area contributed by atoms with E-state index < -0.39 is 0 Å². The first-order valence-electron chi connectivity index (χ1n) is 8.67. The van der Waals surface area contributed by atoms with Crippen molar-refractivity contribution in [3.05, 3.63) is 46.7 Å². The molecule has 0 unspecified atom stereocenters. The molecular weight excluding hydrogens is 370 g/mol. The Morgan fingerprint density at radius 1 is 1.23 bits per heavy atom. The summed E-state index contributed by atoms with van der Waals surface area (Å²) in [6.45, 7) is 8.56. The van der Waals surface area contributed by atoms with Crippen LogP contribution in [-0.2, 0) is 17.9 Å². The molecule has 0 fully saturated rings. The molecule has 0 aliphatic heterocycles. The number of hydrogen-bond acceptors (Lipinski definition) is 4. The minimum atomic E-state index is -0.0980. The van der Waals surface area contributed by atoms with E-state index in [1.54, 1.807) is 6.20 Å². The van der Waals surface area contributed by atoms with Crippen molar-refractivity contribution in [3.8, 4) is 0 Å². The van der Waals surface area contributed by atoms with Gasteiger partial charge in [-0.2, -0.15) is 0 Å². The number of amides is 1. The van der Waals surface area contributed by atoms with Crippen LogP contribution in [0.15, 0.2) is 35.6 Å². The molecule has 1 heterocycles. The third kappa shape index (κ3) is 5.25. The second kappa shape index (κ2) is 9.44. The lowest BCUT2D eigenvalue weighted by Crippen LogP contribution is -2.43. The van der Waals surface area contributed by atoms with Crippen molar-refractivity contribution in [2.75, 3.05) is 5.75 Å². The van der Waals surface area contributed by atoms with Crippen LogP contribution < -0.4 is 0 Å². The zero-order chi connectivity index (χ0) is 19.3. The molecule has 26 heavy (non-hydrogen) atoms. The number of carbonyl (C=O) groups excluding carboxylic acids is 1. The van der Waals surface area contributed by atoms with Gasteiger partial charge in [0.05, 0.1) is 24.3 Å². The van der Waals surface area contributed by atoms with E-state index in [2.05, 4.69) is 4.98 Å². The van der Waals surface area contributed by atoms with Gasteiger partial charge < -0.3 is 14.6 Å². The van der Waals surface area contributed by atoms with Crippen LogP contribution in [0.25, 0.3) is 0 Å². The minimum absolute atomic E-state index is 0.0894. The maximum Gasteiger partial charge on any atom is 0.233 e. The lowest BCUT2D eigenvalue weighted by molar-refractivity contribution is -0.131. The number of nitrogens with zero attached hydrogens (tertiary/aromatic N) is 3. The summed E-state index contributed by atoms with van der Waals surface area (Å²) >= 11 is 7.34. The van der Waals surface area contributed by atoms with Crippen LogP contribution in [0, 0.1) is 0 Å². The third-order valence-electron chi connectivity index (χ3n) is 4.04. The van der Waals surface area contributed by atoms with Gasteiger partial charge in [0.2, 0.25) is 5.91 Å². The number of imidazole rings is 1. The minimum Gasteiger partial charge on any atom is -0.390 e. The van der Waals surface area contributed by atoms with Crippen LogP contribution in [0.5, 0.6) is 0 Å². The summed E-state index contributed by atoms with van der Waals surface area (Å²) in [5, 5.41) is 11.0. The fourth-order valence-corrected chi connectivity index (χ4v) is 3.94. The summed E-state index contributed by atoms with van der Waals surface area (Å²) in [5.41, 5.74) is 1.78. The molecule has 0 aliphatic rings. The number of aliphatic hydroxyl groups is 1. The Balaban J connectivity index is 2.13. The smallest absolute Gasteiger partial charge is 0.233 e. The lowest BCUT2D eigenvalue weighted by atomic mass is 10.2. The number of rotatable bonds is 8. The summed E-state index contributed by atoms with van der Waals surface area (Å²) in [6, 6.07) is 7.89. The van der Waals surface area contributed by atoms with E-state index in [-0.39, 0.29) is 24.6 Å². The van der Waals surface area contributed by atoms with Crippen LogP contribution in [0.4, 0.5) is 0 Å². The normalized spacial score (nSPS) is 11.4. The molecule has 1 N–H and O–H groups in total. The maximum atomic E-state index is 12.6. The molecule has 1 aromatic heterocycles. The molecule has 142 valence electrons. The highest BCUT2D eigenvalue weighted by atomic mass is 35.5. The number of thioether (sulfide) groups is 1. The number of halogens is 1. The first-order valence-corrected chi connectivity index (χ1v) is 10.0. The summed E-state index contributed by atoms with van der Waals surface area (Å²) in [4.78, 5) is 18.9. The number of aromatic nitrogens is 2. The van der Waals surface area contributed by atoms with E-state index in [0.717, 1.165) is 16.4 Å². The van der Waals surface area contributed by atoms with Crippen LogP contribution in [0.2, 0.25) is 5.02 Å². The van der Waals surface area contributed by atoms with Gasteiger partial charge in [0, 0.05) is 23.7 Å². The van der Waals surface area contributed by atoms with E-state index in [1.165, 1.54) is 11.8 Å². The van der Waals surface area contributed by atoms with Crippen molar-refractivity contribution in [1.82, 2.24) is 14.5 Å². The molecule has 0 bridgehead atoms. The molecule has 1 amide bonds. The van der Waals surface area contributed by atoms with Gasteiger partial charge in [0.1, 0.15) is 0 Å². The predicted octanol–water partition coefficient (Wildman–Crippen LogP) is 3.81. The van der Waals surface area contributed by atoms with Crippen molar-refractivity contribution in [2.24, 2.45) is 0 Å². The molecule has 2 aromatic rings. The molecule has 7 heteroatoms. The first kappa shape index (κ1) is 20.8. The van der Waals surface area contributed by atoms with Gasteiger partial charge in [-0.25, -0.2) is 4.98 Å². The summed E-state index contributed by atoms with van der Waals surface area (Å²) in [5.74, 6) is 0.408. The highest BCUT2D eigenvalue weighted by molar-refractivity contribution is 7.99. The molecule has 0 spiro atoms. The van der Waals surface area contributed by atoms with Crippen LogP contribution in [-0.4, -0.2) is 43.3 Å². The number of benzene rings is 1. The van der Waals surface area contributed by atoms with Gasteiger partial charge in [-0.05, 0) is 45.4 Å². The molecule has 2 rings (SSSR count). The zero-order valence-corrected chi connectivity index (χ0v) is 17.2. The Hall–Kier alpha value is -1.50. The fourth-order valence-electron chi connectivity index (χ4n) is 2.95. The molecule has 0 atom stereocenters. The average Bonchev–Trinajstić information content (AvgIpc) is 2.96. The largest absolute Gasteiger partial charge is 0.390 e. The molecule has 0 saturated carbocycles. The molecule has 5 nitrogen and oxygen atoms in total. The fraction of sp³-hybridized carbons (Fsp3) is 0.474. The first-order chi connectivity index (χ1) is 12.3. The van der Waals surface area contributed by atoms with Gasteiger partial charge in [-0.1, -0.05) is 35.5 Å². The number of carbonyl (C=O) groups is 1. The summed E-state index contributed by atoms with van der Waals surface area (Å²) in [6.07, 6.45) is 1.66. The Morgan fingerprint density at radius 2 is 1.85 bits per heavy atom. The maximum absolute atomic E-state index is 12.6. The van der Waals surface area contributed by atoms with Gasteiger partial charge in [0.15, 0.2) is 5.16 Å². The van der Waals surface area contributed by atoms with Gasteiger partial charge in [-0.3, -0.25) is 4.79 Å². The van der Waals surface area contributed by atoms with Crippen LogP contribution in [0.3, 0.4) is 0 Å². The van der Waals surface area contributed by atoms with Crippen molar-refractivity contribution in [2.45, 2.75) is 58.1 Å². The van der Waals surface area contributed by atoms with Gasteiger partial charge in [-0.15, -0.1) is 0 Å². The average molecular weight is 396 g/mol. The highest BCUT2D eigenvalue weighted by Gasteiger charge is 2.21. The van der Waals surface area contributed by atoms with Gasteiger partial charge in [0.25, 0.3) is 0 Å². The van der Waals surface area contributed by atoms with E-state index in [9.17, 15) is 9.90 Å². The van der Waals surface area contributed by atoms with Crippen LogP contribution >= 0.6 is 23.4 Å². The van der Waals surface area contributed by atoms with Crippen molar-refractivity contribution in [1.29, 1.82) is 0 Å². The van der Waals surface area contributed by atoms with E-state index in [1.807, 2.05) is 61.4 Å². The van der Waals surface area contributed by atoms with Crippen molar-refractivity contribution in [3.63, 3.8) is 0 Å². The predicted molar refractivity (Wildman–Crippen MR) is 107 cm³/mol. The number of aliphatic hydroxyl groups excluding tert-OH is 1. The second-order valence-corrected chi connectivity index (χ2v) is 8.06. The van der Waals surface area contributed by atoms with Crippen molar-refractivity contribution >= 4 is 29.3 Å². The molecule has 0 saturated heterocycles. The Morgan fingerprint density at radius 3 is 2.38 bits per heavy atom. The highest BCUT2D eigenvalue weighted by Crippen LogP contribution is 2.22. The quantitative estimate of drug-likeness (QED) is 0.690. The van der Waals surface area contributed by atoms with E-state index in [4.69, 9.17) is 11.6 Å². The molecular formula is C19H26ClN3O2S. The molecule has 0 radical (unpaired) electrons. The Kier molecular flexibility index (Phi) is 7.55. The Labute approximate surface area is 164 Å². The van der Waals surface area contributed by atoms with Crippen molar-refractivity contribution < 1.29 is 9.90 Å².